The highest BCUT2D eigenvalue weighted by molar-refractivity contribution is 5.99. The lowest BCUT2D eigenvalue weighted by Gasteiger charge is -2.08. The number of hydrogen-bond donors (Lipinski definition) is 3. The zero-order valence-corrected chi connectivity index (χ0v) is 14.7. The molecule has 1 aromatic heterocycles. The van der Waals surface area contributed by atoms with E-state index in [0.29, 0.717) is 11.6 Å². The van der Waals surface area contributed by atoms with Crippen molar-refractivity contribution >= 4 is 28.7 Å². The predicted molar refractivity (Wildman–Crippen MR) is 107 cm³/mol. The number of anilines is 2. The van der Waals surface area contributed by atoms with E-state index in [9.17, 15) is 4.79 Å². The summed E-state index contributed by atoms with van der Waals surface area (Å²) in [5, 5.41) is 5.55. The third-order valence-corrected chi connectivity index (χ3v) is 4.17. The van der Waals surface area contributed by atoms with Crippen LogP contribution >= 0.6 is 0 Å². The highest BCUT2D eigenvalue weighted by Crippen LogP contribution is 2.25. The number of amides is 2. The van der Waals surface area contributed by atoms with Crippen LogP contribution in [0.25, 0.3) is 22.2 Å². The molecule has 27 heavy (non-hydrogen) atoms. The number of carbonyl (C=O) groups is 1. The number of para-hydroxylation sites is 2. The Morgan fingerprint density at radius 1 is 0.926 bits per heavy atom. The number of nitrogens with one attached hydrogen (secondary N) is 3. The lowest BCUT2D eigenvalue weighted by Crippen LogP contribution is -2.20. The molecule has 0 saturated carbocycles. The molecule has 0 aliphatic heterocycles. The van der Waals surface area contributed by atoms with Gasteiger partial charge in [-0.15, -0.1) is 0 Å². The maximum atomic E-state index is 12.3. The van der Waals surface area contributed by atoms with Crippen molar-refractivity contribution < 1.29 is 9.53 Å². The van der Waals surface area contributed by atoms with Crippen LogP contribution in [-0.4, -0.2) is 23.1 Å². The number of H-pyrrole nitrogens is 1. The van der Waals surface area contributed by atoms with E-state index in [0.717, 1.165) is 27.9 Å². The number of nitrogens with zero attached hydrogens (tertiary/aromatic N) is 1. The van der Waals surface area contributed by atoms with Crippen molar-refractivity contribution in [2.75, 3.05) is 17.7 Å². The smallest absolute Gasteiger partial charge is 0.326 e. The molecule has 0 saturated heterocycles. The van der Waals surface area contributed by atoms with Crippen LogP contribution in [-0.2, 0) is 0 Å². The Kier molecular flexibility index (Phi) is 4.45. The summed E-state index contributed by atoms with van der Waals surface area (Å²) >= 11 is 0. The van der Waals surface area contributed by atoms with Crippen LogP contribution in [0, 0.1) is 0 Å². The molecule has 6 nitrogen and oxygen atoms in total. The van der Waals surface area contributed by atoms with Gasteiger partial charge in [0.2, 0.25) is 5.95 Å². The van der Waals surface area contributed by atoms with E-state index in [-0.39, 0.29) is 6.03 Å². The van der Waals surface area contributed by atoms with Gasteiger partial charge in [-0.05, 0) is 47.5 Å². The lowest BCUT2D eigenvalue weighted by atomic mass is 10.1. The van der Waals surface area contributed by atoms with Gasteiger partial charge in [-0.3, -0.25) is 5.32 Å². The van der Waals surface area contributed by atoms with Crippen molar-refractivity contribution in [2.24, 2.45) is 0 Å². The Labute approximate surface area is 156 Å². The lowest BCUT2D eigenvalue weighted by molar-refractivity contribution is 0.262. The molecule has 0 aliphatic carbocycles. The summed E-state index contributed by atoms with van der Waals surface area (Å²) in [4.78, 5) is 19.7. The van der Waals surface area contributed by atoms with Crippen LogP contribution in [0.2, 0.25) is 0 Å². The fourth-order valence-electron chi connectivity index (χ4n) is 2.84. The highest BCUT2D eigenvalue weighted by Gasteiger charge is 2.08. The number of fused-ring (bicyclic) bond motifs is 1. The number of urea groups is 1. The van der Waals surface area contributed by atoms with E-state index in [1.54, 1.807) is 7.11 Å². The van der Waals surface area contributed by atoms with E-state index in [2.05, 4.69) is 20.6 Å². The molecule has 0 bridgehead atoms. The number of imidazole rings is 1. The predicted octanol–water partition coefficient (Wildman–Crippen LogP) is 4.88. The molecule has 4 rings (SSSR count). The van der Waals surface area contributed by atoms with Gasteiger partial charge in [-0.2, -0.15) is 0 Å². The fraction of sp³-hybridized carbons (Fsp3) is 0.0476. The summed E-state index contributed by atoms with van der Waals surface area (Å²) in [7, 11) is 1.64. The summed E-state index contributed by atoms with van der Waals surface area (Å²) in [6.07, 6.45) is 0. The molecule has 4 aromatic rings. The largest absolute Gasteiger partial charge is 0.497 e. The van der Waals surface area contributed by atoms with E-state index in [1.807, 2.05) is 72.8 Å². The molecule has 3 N–H and O–H groups in total. The Balaban J connectivity index is 1.47. The Hall–Kier alpha value is -3.80. The first-order chi connectivity index (χ1) is 13.2. The van der Waals surface area contributed by atoms with Gasteiger partial charge < -0.3 is 15.0 Å². The Morgan fingerprint density at radius 2 is 1.74 bits per heavy atom. The number of benzene rings is 3. The number of methoxy groups -OCH3 is 1. The summed E-state index contributed by atoms with van der Waals surface area (Å²) in [5.74, 6) is 1.21. The maximum absolute atomic E-state index is 12.3. The molecule has 0 aliphatic rings. The number of rotatable bonds is 4. The average Bonchev–Trinajstić information content (AvgIpc) is 3.10. The number of carbonyl (C=O) groups excluding carboxylic acids is 1. The second kappa shape index (κ2) is 7.21. The normalized spacial score (nSPS) is 10.6. The highest BCUT2D eigenvalue weighted by atomic mass is 16.5. The van der Waals surface area contributed by atoms with Gasteiger partial charge in [0, 0.05) is 5.69 Å². The summed E-state index contributed by atoms with van der Waals surface area (Å²) in [6, 6.07) is 22.7. The van der Waals surface area contributed by atoms with Crippen molar-refractivity contribution in [1.29, 1.82) is 0 Å². The minimum Gasteiger partial charge on any atom is -0.497 e. The molecular formula is C21H18N4O2. The maximum Gasteiger partial charge on any atom is 0.326 e. The minimum atomic E-state index is -0.360. The zero-order valence-electron chi connectivity index (χ0n) is 14.7. The van der Waals surface area contributed by atoms with Crippen LogP contribution in [0.4, 0.5) is 16.4 Å². The second-order valence-electron chi connectivity index (χ2n) is 5.99. The topological polar surface area (TPSA) is 79.0 Å². The molecule has 0 atom stereocenters. The van der Waals surface area contributed by atoms with Crippen molar-refractivity contribution in [3.63, 3.8) is 0 Å². The average molecular weight is 358 g/mol. The molecule has 1 heterocycles. The third-order valence-electron chi connectivity index (χ3n) is 4.17. The number of aromatic nitrogens is 2. The van der Waals surface area contributed by atoms with Crippen LogP contribution in [0.5, 0.6) is 5.75 Å². The van der Waals surface area contributed by atoms with Crippen molar-refractivity contribution in [3.8, 4) is 16.9 Å². The monoisotopic (exact) mass is 358 g/mol. The third kappa shape index (κ3) is 3.74. The molecule has 6 heteroatoms. The molecule has 3 aromatic carbocycles. The standard InChI is InChI=1S/C21H18N4O2/c1-27-17-11-9-14(10-12-17)15-5-4-6-16(13-15)22-21(26)25-20-23-18-7-2-3-8-19(18)24-20/h2-13H,1H3,(H3,22,23,24,25,26). The molecule has 2 amide bonds. The van der Waals surface area contributed by atoms with E-state index in [1.165, 1.54) is 0 Å². The molecule has 0 radical (unpaired) electrons. The summed E-state index contributed by atoms with van der Waals surface area (Å²) in [6.45, 7) is 0. The van der Waals surface area contributed by atoms with Crippen LogP contribution < -0.4 is 15.4 Å². The van der Waals surface area contributed by atoms with Crippen molar-refractivity contribution in [3.05, 3.63) is 72.8 Å². The first kappa shape index (κ1) is 16.7. The van der Waals surface area contributed by atoms with Gasteiger partial charge >= 0.3 is 6.03 Å². The van der Waals surface area contributed by atoms with Crippen LogP contribution in [0.3, 0.4) is 0 Å². The minimum absolute atomic E-state index is 0.360. The molecular weight excluding hydrogens is 340 g/mol. The van der Waals surface area contributed by atoms with Crippen LogP contribution in [0.1, 0.15) is 0 Å². The molecule has 0 fully saturated rings. The van der Waals surface area contributed by atoms with E-state index in [4.69, 9.17) is 4.74 Å². The SMILES string of the molecule is COc1ccc(-c2cccc(NC(=O)Nc3nc4ccccc4[nH]3)c2)cc1. The number of aromatic amines is 1. The Morgan fingerprint density at radius 3 is 2.52 bits per heavy atom. The first-order valence-corrected chi connectivity index (χ1v) is 8.48. The van der Waals surface area contributed by atoms with Crippen LogP contribution in [0.15, 0.2) is 72.8 Å². The molecule has 0 spiro atoms. The van der Waals surface area contributed by atoms with Gasteiger partial charge in [0.15, 0.2) is 0 Å². The fourth-order valence-corrected chi connectivity index (χ4v) is 2.84. The second-order valence-corrected chi connectivity index (χ2v) is 5.99. The number of ether oxygens (including phenoxy) is 1. The van der Waals surface area contributed by atoms with Crippen molar-refractivity contribution in [1.82, 2.24) is 9.97 Å². The molecule has 0 unspecified atom stereocenters. The zero-order chi connectivity index (χ0) is 18.6. The van der Waals surface area contributed by atoms with E-state index < -0.39 is 0 Å². The quantitative estimate of drug-likeness (QED) is 0.486. The van der Waals surface area contributed by atoms with Gasteiger partial charge in [-0.1, -0.05) is 36.4 Å². The van der Waals surface area contributed by atoms with Gasteiger partial charge in [0.25, 0.3) is 0 Å². The van der Waals surface area contributed by atoms with Gasteiger partial charge in [-0.25, -0.2) is 9.78 Å². The van der Waals surface area contributed by atoms with E-state index >= 15 is 0 Å². The Bertz CT molecular complexity index is 1050. The van der Waals surface area contributed by atoms with Gasteiger partial charge in [0.1, 0.15) is 5.75 Å². The summed E-state index contributed by atoms with van der Waals surface area (Å²) in [5.41, 5.74) is 4.40. The first-order valence-electron chi connectivity index (χ1n) is 8.48. The molecule has 134 valence electrons. The summed E-state index contributed by atoms with van der Waals surface area (Å²) < 4.78 is 5.19. The van der Waals surface area contributed by atoms with Gasteiger partial charge in [0.05, 0.1) is 18.1 Å². The van der Waals surface area contributed by atoms with Crippen molar-refractivity contribution in [2.45, 2.75) is 0 Å². The number of hydrogen-bond acceptors (Lipinski definition) is 3.